The highest BCUT2D eigenvalue weighted by Gasteiger charge is 2.13. The van der Waals surface area contributed by atoms with Gasteiger partial charge in [-0.2, -0.15) is 0 Å². The Morgan fingerprint density at radius 3 is 2.72 bits per heavy atom. The molecule has 0 aromatic heterocycles. The highest BCUT2D eigenvalue weighted by atomic mass is 16.5. The fraction of sp³-hybridized carbons (Fsp3) is 0.600. The highest BCUT2D eigenvalue weighted by molar-refractivity contribution is 5.42. The number of ether oxygens (including phenoxy) is 2. The predicted octanol–water partition coefficient (Wildman–Crippen LogP) is 2.78. The number of hydrogen-bond acceptors (Lipinski definition) is 3. The van der Waals surface area contributed by atoms with Gasteiger partial charge < -0.3 is 14.8 Å². The van der Waals surface area contributed by atoms with Crippen LogP contribution in [0.15, 0.2) is 18.2 Å². The molecule has 0 amide bonds. The van der Waals surface area contributed by atoms with Gasteiger partial charge in [0.2, 0.25) is 0 Å². The SMILES string of the molecule is COc1ccc(CCCC2CCCN2)cc1OC. The Labute approximate surface area is 109 Å². The first kappa shape index (κ1) is 13.2. The van der Waals surface area contributed by atoms with Gasteiger partial charge in [-0.05, 0) is 56.3 Å². The molecule has 1 aliphatic heterocycles. The maximum Gasteiger partial charge on any atom is 0.160 e. The molecule has 0 aliphatic carbocycles. The minimum absolute atomic E-state index is 0.741. The van der Waals surface area contributed by atoms with Crippen molar-refractivity contribution < 1.29 is 9.47 Å². The van der Waals surface area contributed by atoms with Crippen molar-refractivity contribution in [2.75, 3.05) is 20.8 Å². The Bertz CT molecular complexity index is 373. The van der Waals surface area contributed by atoms with Gasteiger partial charge in [0, 0.05) is 6.04 Å². The minimum Gasteiger partial charge on any atom is -0.493 e. The van der Waals surface area contributed by atoms with E-state index in [1.165, 1.54) is 37.8 Å². The van der Waals surface area contributed by atoms with Crippen LogP contribution in [0.1, 0.15) is 31.2 Å². The van der Waals surface area contributed by atoms with E-state index < -0.39 is 0 Å². The van der Waals surface area contributed by atoms with E-state index in [-0.39, 0.29) is 0 Å². The smallest absolute Gasteiger partial charge is 0.160 e. The molecule has 1 heterocycles. The molecular formula is C15H23NO2. The van der Waals surface area contributed by atoms with Gasteiger partial charge in [0.15, 0.2) is 11.5 Å². The van der Waals surface area contributed by atoms with Gasteiger partial charge in [-0.25, -0.2) is 0 Å². The van der Waals surface area contributed by atoms with Crippen LogP contribution >= 0.6 is 0 Å². The maximum absolute atomic E-state index is 5.32. The lowest BCUT2D eigenvalue weighted by Gasteiger charge is -2.11. The van der Waals surface area contributed by atoms with Crippen LogP contribution in [0, 0.1) is 0 Å². The Hall–Kier alpha value is -1.22. The summed E-state index contributed by atoms with van der Waals surface area (Å²) in [5, 5.41) is 3.54. The lowest BCUT2D eigenvalue weighted by atomic mass is 10.0. The molecule has 0 saturated carbocycles. The lowest BCUT2D eigenvalue weighted by molar-refractivity contribution is 0.354. The van der Waals surface area contributed by atoms with E-state index in [0.717, 1.165) is 24.0 Å². The summed E-state index contributed by atoms with van der Waals surface area (Å²) in [6, 6.07) is 6.94. The fourth-order valence-electron chi connectivity index (χ4n) is 2.59. The van der Waals surface area contributed by atoms with E-state index in [1.807, 2.05) is 6.07 Å². The Kier molecular flexibility index (Phi) is 4.88. The van der Waals surface area contributed by atoms with E-state index in [2.05, 4.69) is 17.4 Å². The van der Waals surface area contributed by atoms with Crippen molar-refractivity contribution in [1.29, 1.82) is 0 Å². The Morgan fingerprint density at radius 1 is 1.22 bits per heavy atom. The van der Waals surface area contributed by atoms with Crippen molar-refractivity contribution in [3.8, 4) is 11.5 Å². The van der Waals surface area contributed by atoms with Gasteiger partial charge in [-0.3, -0.25) is 0 Å². The second-order valence-electron chi connectivity index (χ2n) is 4.87. The monoisotopic (exact) mass is 249 g/mol. The van der Waals surface area contributed by atoms with Gasteiger partial charge in [0.1, 0.15) is 0 Å². The van der Waals surface area contributed by atoms with E-state index >= 15 is 0 Å². The zero-order valence-corrected chi connectivity index (χ0v) is 11.4. The third-order valence-electron chi connectivity index (χ3n) is 3.63. The average molecular weight is 249 g/mol. The van der Waals surface area contributed by atoms with Crippen LogP contribution in [0.5, 0.6) is 11.5 Å². The van der Waals surface area contributed by atoms with E-state index in [1.54, 1.807) is 14.2 Å². The number of benzene rings is 1. The normalized spacial score (nSPS) is 18.9. The summed E-state index contributed by atoms with van der Waals surface area (Å²) in [5.74, 6) is 1.63. The summed E-state index contributed by atoms with van der Waals surface area (Å²) in [5.41, 5.74) is 1.32. The first-order valence-electron chi connectivity index (χ1n) is 6.78. The van der Waals surface area contributed by atoms with Gasteiger partial charge in [-0.1, -0.05) is 6.07 Å². The molecular weight excluding hydrogens is 226 g/mol. The highest BCUT2D eigenvalue weighted by Crippen LogP contribution is 2.28. The second kappa shape index (κ2) is 6.64. The standard InChI is InChI=1S/C15H23NO2/c1-17-14-9-8-12(11-15(14)18-2)5-3-6-13-7-4-10-16-13/h8-9,11,13,16H,3-7,10H2,1-2H3. The van der Waals surface area contributed by atoms with Crippen LogP contribution in [0.2, 0.25) is 0 Å². The number of aryl methyl sites for hydroxylation is 1. The van der Waals surface area contributed by atoms with Gasteiger partial charge >= 0.3 is 0 Å². The molecule has 100 valence electrons. The average Bonchev–Trinajstić information content (AvgIpc) is 2.91. The molecule has 18 heavy (non-hydrogen) atoms. The van der Waals surface area contributed by atoms with E-state index in [4.69, 9.17) is 9.47 Å². The van der Waals surface area contributed by atoms with Crippen molar-refractivity contribution in [1.82, 2.24) is 5.32 Å². The summed E-state index contributed by atoms with van der Waals surface area (Å²) < 4.78 is 10.6. The molecule has 1 N–H and O–H groups in total. The summed E-state index contributed by atoms with van der Waals surface area (Å²) in [6.07, 6.45) is 6.28. The van der Waals surface area contributed by atoms with Crippen LogP contribution in [0.25, 0.3) is 0 Å². The zero-order valence-electron chi connectivity index (χ0n) is 11.4. The van der Waals surface area contributed by atoms with Crippen molar-refractivity contribution in [2.45, 2.75) is 38.1 Å². The van der Waals surface area contributed by atoms with Gasteiger partial charge in [-0.15, -0.1) is 0 Å². The Morgan fingerprint density at radius 2 is 2.06 bits per heavy atom. The topological polar surface area (TPSA) is 30.5 Å². The maximum atomic E-state index is 5.32. The first-order chi connectivity index (χ1) is 8.83. The third kappa shape index (κ3) is 3.39. The van der Waals surface area contributed by atoms with E-state index in [0.29, 0.717) is 0 Å². The Balaban J connectivity index is 1.84. The fourth-order valence-corrected chi connectivity index (χ4v) is 2.59. The number of methoxy groups -OCH3 is 2. The lowest BCUT2D eigenvalue weighted by Crippen LogP contribution is -2.20. The molecule has 3 nitrogen and oxygen atoms in total. The van der Waals surface area contributed by atoms with Crippen LogP contribution in [-0.2, 0) is 6.42 Å². The largest absolute Gasteiger partial charge is 0.493 e. The van der Waals surface area contributed by atoms with Crippen molar-refractivity contribution in [3.63, 3.8) is 0 Å². The molecule has 1 atom stereocenters. The number of nitrogens with one attached hydrogen (secondary N) is 1. The quantitative estimate of drug-likeness (QED) is 0.841. The minimum atomic E-state index is 0.741. The molecule has 1 fully saturated rings. The summed E-state index contributed by atoms with van der Waals surface area (Å²) in [4.78, 5) is 0. The van der Waals surface area contributed by atoms with Crippen molar-refractivity contribution >= 4 is 0 Å². The summed E-state index contributed by atoms with van der Waals surface area (Å²) >= 11 is 0. The molecule has 1 aromatic rings. The molecule has 1 aliphatic rings. The predicted molar refractivity (Wildman–Crippen MR) is 73.5 cm³/mol. The zero-order chi connectivity index (χ0) is 12.8. The molecule has 3 heteroatoms. The van der Waals surface area contributed by atoms with Gasteiger partial charge in [0.05, 0.1) is 14.2 Å². The second-order valence-corrected chi connectivity index (χ2v) is 4.87. The third-order valence-corrected chi connectivity index (χ3v) is 3.63. The number of rotatable bonds is 6. The van der Waals surface area contributed by atoms with Crippen LogP contribution < -0.4 is 14.8 Å². The van der Waals surface area contributed by atoms with Crippen molar-refractivity contribution in [2.24, 2.45) is 0 Å². The first-order valence-corrected chi connectivity index (χ1v) is 6.78. The van der Waals surface area contributed by atoms with Crippen LogP contribution in [0.3, 0.4) is 0 Å². The molecule has 1 aromatic carbocycles. The molecule has 1 saturated heterocycles. The molecule has 1 unspecified atom stereocenters. The summed E-state index contributed by atoms with van der Waals surface area (Å²) in [6.45, 7) is 1.20. The van der Waals surface area contributed by atoms with Crippen LogP contribution in [0.4, 0.5) is 0 Å². The molecule has 2 rings (SSSR count). The van der Waals surface area contributed by atoms with E-state index in [9.17, 15) is 0 Å². The molecule has 0 radical (unpaired) electrons. The molecule has 0 bridgehead atoms. The van der Waals surface area contributed by atoms with Crippen LogP contribution in [-0.4, -0.2) is 26.8 Å². The number of hydrogen-bond donors (Lipinski definition) is 1. The molecule has 0 spiro atoms. The van der Waals surface area contributed by atoms with Gasteiger partial charge in [0.25, 0.3) is 0 Å². The summed E-state index contributed by atoms with van der Waals surface area (Å²) in [7, 11) is 3.35. The van der Waals surface area contributed by atoms with Crippen molar-refractivity contribution in [3.05, 3.63) is 23.8 Å².